The molecule has 1 aromatic rings. The van der Waals surface area contributed by atoms with Crippen molar-refractivity contribution in [1.82, 2.24) is 0 Å². The monoisotopic (exact) mass is 342 g/mol. The van der Waals surface area contributed by atoms with Gasteiger partial charge in [0.1, 0.15) is 0 Å². The van der Waals surface area contributed by atoms with Crippen LogP contribution in [0, 0.1) is 0 Å². The first-order chi connectivity index (χ1) is 6.81. The van der Waals surface area contributed by atoms with Crippen molar-refractivity contribution in [2.24, 2.45) is 0 Å². The molecule has 15 heavy (non-hydrogen) atoms. The molecule has 1 atom stereocenters. The highest BCUT2D eigenvalue weighted by Crippen LogP contribution is 2.44. The summed E-state index contributed by atoms with van der Waals surface area (Å²) in [6.07, 6.45) is -0.0816. The lowest BCUT2D eigenvalue weighted by Gasteiger charge is -2.31. The van der Waals surface area contributed by atoms with Crippen LogP contribution in [-0.2, 0) is 5.60 Å². The van der Waals surface area contributed by atoms with Gasteiger partial charge in [-0.15, -0.1) is 0 Å². The molecule has 1 aromatic carbocycles. The Hall–Kier alpha value is -0.000000000000000111. The summed E-state index contributed by atoms with van der Waals surface area (Å²) in [5.41, 5.74) is -2.00. The molecule has 1 nitrogen and oxygen atoms in total. The van der Waals surface area contributed by atoms with E-state index in [0.717, 1.165) is 0 Å². The Morgan fingerprint density at radius 1 is 1.40 bits per heavy atom. The molecule has 1 N–H and O–H groups in total. The van der Waals surface area contributed by atoms with Crippen LogP contribution < -0.4 is 0 Å². The van der Waals surface area contributed by atoms with Crippen molar-refractivity contribution >= 4 is 31.9 Å². The quantitative estimate of drug-likeness (QED) is 0.821. The molecule has 0 saturated heterocycles. The summed E-state index contributed by atoms with van der Waals surface area (Å²) in [7, 11) is 0. The molecule has 5 heteroatoms. The minimum absolute atomic E-state index is 0.0816. The molecule has 0 aliphatic rings. The average molecular weight is 344 g/mol. The topological polar surface area (TPSA) is 20.2 Å². The van der Waals surface area contributed by atoms with Crippen LogP contribution in [0.4, 0.5) is 8.78 Å². The number of aliphatic hydroxyl groups is 1. The van der Waals surface area contributed by atoms with E-state index in [9.17, 15) is 13.9 Å². The van der Waals surface area contributed by atoms with Crippen LogP contribution in [0.25, 0.3) is 0 Å². The van der Waals surface area contributed by atoms with Gasteiger partial charge in [-0.25, -0.2) is 0 Å². The summed E-state index contributed by atoms with van der Waals surface area (Å²) < 4.78 is 27.1. The summed E-state index contributed by atoms with van der Waals surface area (Å²) >= 11 is 5.40. The van der Waals surface area contributed by atoms with E-state index in [-0.39, 0.29) is 12.0 Å². The highest BCUT2D eigenvalue weighted by atomic mass is 79.9. The predicted molar refractivity (Wildman–Crippen MR) is 62.2 cm³/mol. The Labute approximate surface area is 104 Å². The Balaban J connectivity index is 3.23. The van der Waals surface area contributed by atoms with Crippen LogP contribution >= 0.6 is 31.9 Å². The number of rotatable bonds is 3. The molecule has 0 aromatic heterocycles. The zero-order chi connectivity index (χ0) is 11.7. The van der Waals surface area contributed by atoms with Crippen molar-refractivity contribution in [3.8, 4) is 0 Å². The Morgan fingerprint density at radius 2 is 2.00 bits per heavy atom. The molecular weight excluding hydrogens is 334 g/mol. The van der Waals surface area contributed by atoms with E-state index in [1.807, 2.05) is 0 Å². The van der Waals surface area contributed by atoms with E-state index in [0.29, 0.717) is 4.47 Å². The highest BCUT2D eigenvalue weighted by molar-refractivity contribution is 9.10. The summed E-state index contributed by atoms with van der Waals surface area (Å²) in [5.74, 6) is 0. The number of hydrogen-bond acceptors (Lipinski definition) is 1. The van der Waals surface area contributed by atoms with Gasteiger partial charge < -0.3 is 5.11 Å². The molecule has 84 valence electrons. The van der Waals surface area contributed by atoms with E-state index < -0.39 is 10.4 Å². The molecule has 0 saturated carbocycles. The van der Waals surface area contributed by atoms with Crippen LogP contribution in [0.15, 0.2) is 28.7 Å². The summed E-state index contributed by atoms with van der Waals surface area (Å²) in [5, 5.41) is 9.93. The molecule has 0 radical (unpaired) electrons. The lowest BCUT2D eigenvalue weighted by Crippen LogP contribution is -2.40. The third kappa shape index (κ3) is 2.57. The van der Waals surface area contributed by atoms with E-state index in [2.05, 4.69) is 31.9 Å². The first-order valence-electron chi connectivity index (χ1n) is 4.36. The van der Waals surface area contributed by atoms with E-state index in [4.69, 9.17) is 0 Å². The van der Waals surface area contributed by atoms with Crippen LogP contribution in [0.1, 0.15) is 18.9 Å². The van der Waals surface area contributed by atoms with Crippen LogP contribution in [-0.4, -0.2) is 9.94 Å². The highest BCUT2D eigenvalue weighted by Gasteiger charge is 2.50. The molecule has 0 fully saturated rings. The lowest BCUT2D eigenvalue weighted by molar-refractivity contribution is -0.124. The third-order valence-corrected chi connectivity index (χ3v) is 3.43. The molecule has 1 rings (SSSR count). The Kier molecular flexibility index (Phi) is 3.90. The molecule has 0 aliphatic carbocycles. The number of halogens is 4. The minimum Gasteiger partial charge on any atom is -0.378 e. The minimum atomic E-state index is -3.35. The second kappa shape index (κ2) is 4.47. The first kappa shape index (κ1) is 13.1. The first-order valence-corrected chi connectivity index (χ1v) is 5.95. The van der Waals surface area contributed by atoms with Crippen LogP contribution in [0.5, 0.6) is 0 Å². The number of alkyl halides is 3. The summed E-state index contributed by atoms with van der Waals surface area (Å²) in [4.78, 5) is -3.35. The largest absolute Gasteiger partial charge is 0.378 e. The second-order valence-electron chi connectivity index (χ2n) is 3.22. The maximum atomic E-state index is 13.2. The van der Waals surface area contributed by atoms with Gasteiger partial charge in [0, 0.05) is 4.47 Å². The third-order valence-electron chi connectivity index (χ3n) is 2.28. The fraction of sp³-hybridized carbons (Fsp3) is 0.400. The fourth-order valence-electron chi connectivity index (χ4n) is 1.31. The van der Waals surface area contributed by atoms with Gasteiger partial charge in [0.25, 0.3) is 0 Å². The zero-order valence-electron chi connectivity index (χ0n) is 7.98. The van der Waals surface area contributed by atoms with Gasteiger partial charge in [-0.3, -0.25) is 0 Å². The fourth-order valence-corrected chi connectivity index (χ4v) is 2.22. The maximum absolute atomic E-state index is 13.2. The summed E-state index contributed by atoms with van der Waals surface area (Å²) in [6.45, 7) is 1.51. The molecule has 0 heterocycles. The normalized spacial score (nSPS) is 16.1. The van der Waals surface area contributed by atoms with Gasteiger partial charge in [0.05, 0.1) is 0 Å². The van der Waals surface area contributed by atoms with Gasteiger partial charge in [-0.2, -0.15) is 8.78 Å². The van der Waals surface area contributed by atoms with Crippen LogP contribution in [0.2, 0.25) is 0 Å². The van der Waals surface area contributed by atoms with E-state index >= 15 is 0 Å². The smallest absolute Gasteiger partial charge is 0.333 e. The van der Waals surface area contributed by atoms with Gasteiger partial charge in [0.15, 0.2) is 5.60 Å². The van der Waals surface area contributed by atoms with Crippen molar-refractivity contribution in [1.29, 1.82) is 0 Å². The SMILES string of the molecule is CCC(O)(c1cccc(Br)c1)C(F)(F)Br. The molecule has 0 bridgehead atoms. The lowest BCUT2D eigenvalue weighted by atomic mass is 9.92. The number of hydrogen-bond donors (Lipinski definition) is 1. The van der Waals surface area contributed by atoms with E-state index in [1.54, 1.807) is 12.1 Å². The molecule has 0 spiro atoms. The average Bonchev–Trinajstić information content (AvgIpc) is 2.14. The van der Waals surface area contributed by atoms with Crippen molar-refractivity contribution in [2.45, 2.75) is 23.8 Å². The van der Waals surface area contributed by atoms with Crippen LogP contribution in [0.3, 0.4) is 0 Å². The zero-order valence-corrected chi connectivity index (χ0v) is 11.1. The van der Waals surface area contributed by atoms with E-state index in [1.165, 1.54) is 19.1 Å². The van der Waals surface area contributed by atoms with Gasteiger partial charge in [-0.05, 0) is 40.0 Å². The molecular formula is C10H10Br2F2O. The molecule has 0 amide bonds. The summed E-state index contributed by atoms with van der Waals surface area (Å²) in [6, 6.07) is 6.28. The van der Waals surface area contributed by atoms with Crippen molar-refractivity contribution in [3.63, 3.8) is 0 Å². The second-order valence-corrected chi connectivity index (χ2v) is 5.13. The van der Waals surface area contributed by atoms with Gasteiger partial charge >= 0.3 is 4.83 Å². The van der Waals surface area contributed by atoms with Gasteiger partial charge in [0.2, 0.25) is 0 Å². The standard InChI is InChI=1S/C10H10Br2F2O/c1-2-9(15,10(12,13)14)7-4-3-5-8(11)6-7/h3-6,15H,2H2,1H3. The van der Waals surface area contributed by atoms with Gasteiger partial charge in [-0.1, -0.05) is 35.0 Å². The number of benzene rings is 1. The van der Waals surface area contributed by atoms with Crippen molar-refractivity contribution < 1.29 is 13.9 Å². The molecule has 1 unspecified atom stereocenters. The maximum Gasteiger partial charge on any atom is 0.333 e. The van der Waals surface area contributed by atoms with Crippen molar-refractivity contribution in [3.05, 3.63) is 34.3 Å². The Bertz CT molecular complexity index is 352. The van der Waals surface area contributed by atoms with Crippen molar-refractivity contribution in [2.75, 3.05) is 0 Å². The Morgan fingerprint density at radius 3 is 2.40 bits per heavy atom. The molecule has 0 aliphatic heterocycles. The predicted octanol–water partition coefficient (Wildman–Crippen LogP) is 4.03.